The van der Waals surface area contributed by atoms with Gasteiger partial charge >= 0.3 is 0 Å². The molecule has 1 aromatic rings. The molecule has 1 aromatic carbocycles. The number of rotatable bonds is 5. The first-order valence-electron chi connectivity index (χ1n) is 9.00. The van der Waals surface area contributed by atoms with Gasteiger partial charge in [-0.1, -0.05) is 6.07 Å². The Bertz CT molecular complexity index is 605. The largest absolute Gasteiger partial charge is 0.497 e. The molecule has 0 spiro atoms. The Kier molecular flexibility index (Phi) is 5.91. The van der Waals surface area contributed by atoms with E-state index < -0.39 is 0 Å². The van der Waals surface area contributed by atoms with E-state index in [1.165, 1.54) is 0 Å². The SMILES string of the molecule is COc1cccc(C(=O)N2CCC(C(=O)NC[C@H]3CCCO3)CC2)c1. The zero-order valence-corrected chi connectivity index (χ0v) is 14.7. The molecule has 0 bridgehead atoms. The molecule has 136 valence electrons. The quantitative estimate of drug-likeness (QED) is 0.883. The maximum absolute atomic E-state index is 12.6. The molecule has 2 aliphatic rings. The van der Waals surface area contributed by atoms with Gasteiger partial charge in [0, 0.05) is 37.7 Å². The van der Waals surface area contributed by atoms with Crippen LogP contribution in [0.25, 0.3) is 0 Å². The number of methoxy groups -OCH3 is 1. The summed E-state index contributed by atoms with van der Waals surface area (Å²) in [6.45, 7) is 2.61. The lowest BCUT2D eigenvalue weighted by Gasteiger charge is -2.31. The van der Waals surface area contributed by atoms with Crippen LogP contribution in [0, 0.1) is 5.92 Å². The maximum atomic E-state index is 12.6. The fourth-order valence-electron chi connectivity index (χ4n) is 3.45. The summed E-state index contributed by atoms with van der Waals surface area (Å²) in [4.78, 5) is 26.7. The van der Waals surface area contributed by atoms with Gasteiger partial charge in [-0.2, -0.15) is 0 Å². The van der Waals surface area contributed by atoms with Gasteiger partial charge in [-0.15, -0.1) is 0 Å². The normalized spacial score (nSPS) is 21.2. The van der Waals surface area contributed by atoms with Crippen LogP contribution in [-0.2, 0) is 9.53 Å². The third-order valence-corrected chi connectivity index (χ3v) is 5.00. The molecule has 0 aliphatic carbocycles. The molecule has 2 heterocycles. The number of likely N-dealkylation sites (tertiary alicyclic amines) is 1. The molecule has 0 saturated carbocycles. The number of amides is 2. The van der Waals surface area contributed by atoms with Gasteiger partial charge in [0.15, 0.2) is 0 Å². The summed E-state index contributed by atoms with van der Waals surface area (Å²) < 4.78 is 10.7. The highest BCUT2D eigenvalue weighted by atomic mass is 16.5. The molecule has 3 rings (SSSR count). The molecule has 1 atom stereocenters. The first-order valence-corrected chi connectivity index (χ1v) is 9.00. The van der Waals surface area contributed by atoms with Crippen molar-refractivity contribution < 1.29 is 19.1 Å². The number of hydrogen-bond acceptors (Lipinski definition) is 4. The smallest absolute Gasteiger partial charge is 0.253 e. The molecule has 2 aliphatic heterocycles. The Morgan fingerprint density at radius 3 is 2.76 bits per heavy atom. The van der Waals surface area contributed by atoms with Crippen molar-refractivity contribution in [3.8, 4) is 5.75 Å². The van der Waals surface area contributed by atoms with E-state index in [2.05, 4.69) is 5.32 Å². The molecule has 0 unspecified atom stereocenters. The van der Waals surface area contributed by atoms with E-state index in [1.54, 1.807) is 19.2 Å². The van der Waals surface area contributed by atoms with E-state index in [4.69, 9.17) is 9.47 Å². The second kappa shape index (κ2) is 8.34. The summed E-state index contributed by atoms with van der Waals surface area (Å²) in [6, 6.07) is 7.19. The van der Waals surface area contributed by atoms with Gasteiger partial charge in [-0.05, 0) is 43.9 Å². The van der Waals surface area contributed by atoms with Crippen molar-refractivity contribution in [1.82, 2.24) is 10.2 Å². The van der Waals surface area contributed by atoms with Crippen LogP contribution in [0.4, 0.5) is 0 Å². The number of nitrogens with zero attached hydrogens (tertiary/aromatic N) is 1. The second-order valence-corrected chi connectivity index (χ2v) is 6.68. The highest BCUT2D eigenvalue weighted by Crippen LogP contribution is 2.21. The van der Waals surface area contributed by atoms with Gasteiger partial charge in [0.25, 0.3) is 5.91 Å². The zero-order chi connectivity index (χ0) is 17.6. The van der Waals surface area contributed by atoms with Crippen LogP contribution >= 0.6 is 0 Å². The van der Waals surface area contributed by atoms with Gasteiger partial charge < -0.3 is 19.7 Å². The number of benzene rings is 1. The van der Waals surface area contributed by atoms with Gasteiger partial charge in [-0.25, -0.2) is 0 Å². The van der Waals surface area contributed by atoms with Crippen LogP contribution < -0.4 is 10.1 Å². The minimum Gasteiger partial charge on any atom is -0.497 e. The third-order valence-electron chi connectivity index (χ3n) is 5.00. The first kappa shape index (κ1) is 17.7. The first-order chi connectivity index (χ1) is 12.2. The van der Waals surface area contributed by atoms with Crippen LogP contribution in [-0.4, -0.2) is 56.2 Å². The number of carbonyl (C=O) groups is 2. The van der Waals surface area contributed by atoms with Crippen LogP contribution in [0.5, 0.6) is 5.75 Å². The van der Waals surface area contributed by atoms with Crippen molar-refractivity contribution >= 4 is 11.8 Å². The van der Waals surface area contributed by atoms with Gasteiger partial charge in [0.1, 0.15) is 5.75 Å². The highest BCUT2D eigenvalue weighted by molar-refractivity contribution is 5.94. The number of ether oxygens (including phenoxy) is 2. The molecule has 6 nitrogen and oxygen atoms in total. The van der Waals surface area contributed by atoms with E-state index in [9.17, 15) is 9.59 Å². The predicted molar refractivity (Wildman–Crippen MR) is 93.6 cm³/mol. The van der Waals surface area contributed by atoms with Crippen molar-refractivity contribution in [3.05, 3.63) is 29.8 Å². The third kappa shape index (κ3) is 4.51. The molecular formula is C19H26N2O4. The van der Waals surface area contributed by atoms with Crippen LogP contribution in [0.15, 0.2) is 24.3 Å². The van der Waals surface area contributed by atoms with E-state index in [-0.39, 0.29) is 23.8 Å². The van der Waals surface area contributed by atoms with Crippen molar-refractivity contribution in [2.45, 2.75) is 31.8 Å². The molecule has 2 amide bonds. The molecule has 1 N–H and O–H groups in total. The maximum Gasteiger partial charge on any atom is 0.253 e. The fourth-order valence-corrected chi connectivity index (χ4v) is 3.45. The molecule has 0 aromatic heterocycles. The Morgan fingerprint density at radius 2 is 2.08 bits per heavy atom. The molecule has 2 saturated heterocycles. The lowest BCUT2D eigenvalue weighted by Crippen LogP contribution is -2.44. The average molecular weight is 346 g/mol. The molecule has 6 heteroatoms. The highest BCUT2D eigenvalue weighted by Gasteiger charge is 2.28. The van der Waals surface area contributed by atoms with Gasteiger partial charge in [-0.3, -0.25) is 9.59 Å². The summed E-state index contributed by atoms with van der Waals surface area (Å²) in [7, 11) is 1.59. The summed E-state index contributed by atoms with van der Waals surface area (Å²) in [5.41, 5.74) is 0.626. The standard InChI is InChI=1S/C19H26N2O4/c1-24-16-5-2-4-15(12-16)19(23)21-9-7-14(8-10-21)18(22)20-13-17-6-3-11-25-17/h2,4-5,12,14,17H,3,6-11,13H2,1H3,(H,20,22)/t17-/m1/s1. The molecule has 0 radical (unpaired) electrons. The summed E-state index contributed by atoms with van der Waals surface area (Å²) in [6.07, 6.45) is 3.66. The molecule has 2 fully saturated rings. The van der Waals surface area contributed by atoms with Gasteiger partial charge in [0.2, 0.25) is 5.91 Å². The van der Waals surface area contributed by atoms with E-state index in [1.807, 2.05) is 17.0 Å². The predicted octanol–water partition coefficient (Wildman–Crippen LogP) is 1.84. The zero-order valence-electron chi connectivity index (χ0n) is 14.7. The van der Waals surface area contributed by atoms with Crippen molar-refractivity contribution in [1.29, 1.82) is 0 Å². The van der Waals surface area contributed by atoms with Crippen molar-refractivity contribution in [3.63, 3.8) is 0 Å². The number of nitrogens with one attached hydrogen (secondary N) is 1. The van der Waals surface area contributed by atoms with E-state index in [0.29, 0.717) is 43.8 Å². The Morgan fingerprint density at radius 1 is 1.28 bits per heavy atom. The second-order valence-electron chi connectivity index (χ2n) is 6.68. The Hall–Kier alpha value is -2.08. The Labute approximate surface area is 148 Å². The van der Waals surface area contributed by atoms with Gasteiger partial charge in [0.05, 0.1) is 13.2 Å². The summed E-state index contributed by atoms with van der Waals surface area (Å²) >= 11 is 0. The number of carbonyl (C=O) groups excluding carboxylic acids is 2. The van der Waals surface area contributed by atoms with Crippen LogP contribution in [0.1, 0.15) is 36.0 Å². The van der Waals surface area contributed by atoms with Crippen LogP contribution in [0.3, 0.4) is 0 Å². The topological polar surface area (TPSA) is 67.9 Å². The van der Waals surface area contributed by atoms with Crippen LogP contribution in [0.2, 0.25) is 0 Å². The van der Waals surface area contributed by atoms with Crippen molar-refractivity contribution in [2.24, 2.45) is 5.92 Å². The van der Waals surface area contributed by atoms with E-state index in [0.717, 1.165) is 19.4 Å². The average Bonchev–Trinajstić information content (AvgIpc) is 3.19. The lowest BCUT2D eigenvalue weighted by atomic mass is 9.95. The number of hydrogen-bond donors (Lipinski definition) is 1. The van der Waals surface area contributed by atoms with E-state index >= 15 is 0 Å². The fraction of sp³-hybridized carbons (Fsp3) is 0.579. The Balaban J connectivity index is 1.47. The minimum absolute atomic E-state index is 0.00267. The lowest BCUT2D eigenvalue weighted by molar-refractivity contribution is -0.126. The minimum atomic E-state index is -0.0178. The molecular weight excluding hydrogens is 320 g/mol. The number of piperidine rings is 1. The monoisotopic (exact) mass is 346 g/mol. The van der Waals surface area contributed by atoms with Crippen molar-refractivity contribution in [2.75, 3.05) is 33.4 Å². The summed E-state index contributed by atoms with van der Waals surface area (Å²) in [5, 5.41) is 3.00. The summed E-state index contributed by atoms with van der Waals surface area (Å²) in [5.74, 6) is 0.742. The molecule has 25 heavy (non-hydrogen) atoms.